The van der Waals surface area contributed by atoms with Gasteiger partial charge in [0.15, 0.2) is 0 Å². The van der Waals surface area contributed by atoms with E-state index < -0.39 is 5.97 Å². The first-order chi connectivity index (χ1) is 7.16. The summed E-state index contributed by atoms with van der Waals surface area (Å²) in [6.45, 7) is 8.52. The van der Waals surface area contributed by atoms with Gasteiger partial charge in [0.1, 0.15) is 0 Å². The van der Waals surface area contributed by atoms with Gasteiger partial charge in [-0.25, -0.2) is 0 Å². The zero-order chi connectivity index (χ0) is 11.7. The first-order valence-corrected chi connectivity index (χ1v) is 5.61. The first kappa shape index (κ1) is 14.6. The normalized spacial score (nSPS) is 11.7. The molecule has 0 atom stereocenters. The summed E-state index contributed by atoms with van der Waals surface area (Å²) in [6, 6.07) is 0. The fourth-order valence-corrected chi connectivity index (χ4v) is 1.32. The summed E-state index contributed by atoms with van der Waals surface area (Å²) in [4.78, 5) is 11.9. The van der Waals surface area contributed by atoms with Crippen LogP contribution in [-0.4, -0.2) is 31.6 Å². The zero-order valence-electron chi connectivity index (χ0n) is 10.2. The molecular weight excluding hydrogens is 196 g/mol. The van der Waals surface area contributed by atoms with Crippen molar-refractivity contribution in [3.05, 3.63) is 0 Å². The molecule has 4 nitrogen and oxygen atoms in total. The van der Waals surface area contributed by atoms with Crippen LogP contribution in [0.3, 0.4) is 0 Å². The molecule has 15 heavy (non-hydrogen) atoms. The second-order valence-electron chi connectivity index (χ2n) is 3.03. The van der Waals surface area contributed by atoms with E-state index in [0.717, 1.165) is 6.42 Å². The Morgan fingerprint density at radius 1 is 0.933 bits per heavy atom. The molecule has 0 aliphatic heterocycles. The third-order valence-electron chi connectivity index (χ3n) is 1.82. The average Bonchev–Trinajstić information content (AvgIpc) is 2.19. The Bertz CT molecular complexity index is 162. The summed E-state index contributed by atoms with van der Waals surface area (Å²) >= 11 is 0. The second kappa shape index (κ2) is 7.79. The van der Waals surface area contributed by atoms with E-state index in [1.165, 1.54) is 0 Å². The van der Waals surface area contributed by atoms with Gasteiger partial charge in [-0.15, -0.1) is 0 Å². The van der Waals surface area contributed by atoms with Crippen molar-refractivity contribution in [2.24, 2.45) is 0 Å². The van der Waals surface area contributed by atoms with Gasteiger partial charge < -0.3 is 14.2 Å². The molecule has 0 amide bonds. The second-order valence-corrected chi connectivity index (χ2v) is 3.03. The molecule has 0 N–H and O–H groups in total. The minimum Gasteiger partial charge on any atom is -0.322 e. The van der Waals surface area contributed by atoms with Crippen molar-refractivity contribution in [2.45, 2.75) is 46.5 Å². The number of carbonyl (C=O) groups is 1. The summed E-state index contributed by atoms with van der Waals surface area (Å²) in [5, 5.41) is 0. The van der Waals surface area contributed by atoms with Gasteiger partial charge in [0.25, 0.3) is 0 Å². The van der Waals surface area contributed by atoms with Gasteiger partial charge in [-0.05, 0) is 27.2 Å². The summed E-state index contributed by atoms with van der Waals surface area (Å²) in [7, 11) is 0. The number of Topliss-reactive ketones (excluding diaryl/α,β-unsaturated/α-hetero) is 1. The number of ether oxygens (including phenoxy) is 3. The monoisotopic (exact) mass is 218 g/mol. The highest BCUT2D eigenvalue weighted by Crippen LogP contribution is 2.19. The Kier molecular flexibility index (Phi) is 7.56. The number of ketones is 1. The van der Waals surface area contributed by atoms with Crippen molar-refractivity contribution in [1.82, 2.24) is 0 Å². The van der Waals surface area contributed by atoms with Crippen LogP contribution in [0.15, 0.2) is 0 Å². The van der Waals surface area contributed by atoms with Gasteiger partial charge in [0, 0.05) is 6.42 Å². The van der Waals surface area contributed by atoms with Gasteiger partial charge in [-0.1, -0.05) is 6.92 Å². The molecule has 0 saturated carbocycles. The smallest absolute Gasteiger partial charge is 0.322 e. The minimum absolute atomic E-state index is 0.143. The Hall–Kier alpha value is -0.450. The van der Waals surface area contributed by atoms with Gasteiger partial charge >= 0.3 is 5.97 Å². The van der Waals surface area contributed by atoms with E-state index in [2.05, 4.69) is 0 Å². The van der Waals surface area contributed by atoms with Crippen LogP contribution in [0.5, 0.6) is 0 Å². The Labute approximate surface area is 91.9 Å². The third kappa shape index (κ3) is 4.28. The zero-order valence-corrected chi connectivity index (χ0v) is 10.2. The van der Waals surface area contributed by atoms with E-state index in [4.69, 9.17) is 14.2 Å². The fraction of sp³-hybridized carbons (Fsp3) is 0.909. The van der Waals surface area contributed by atoms with E-state index in [1.54, 1.807) is 0 Å². The van der Waals surface area contributed by atoms with Crippen LogP contribution < -0.4 is 0 Å². The Balaban J connectivity index is 4.65. The molecule has 0 aromatic heterocycles. The first-order valence-electron chi connectivity index (χ1n) is 5.61. The highest BCUT2D eigenvalue weighted by molar-refractivity contribution is 5.84. The quantitative estimate of drug-likeness (QED) is 0.556. The van der Waals surface area contributed by atoms with Crippen LogP contribution in [0.25, 0.3) is 0 Å². The van der Waals surface area contributed by atoms with Crippen molar-refractivity contribution in [3.63, 3.8) is 0 Å². The lowest BCUT2D eigenvalue weighted by molar-refractivity contribution is -0.349. The van der Waals surface area contributed by atoms with E-state index in [9.17, 15) is 4.79 Å². The molecule has 0 spiro atoms. The molecule has 0 aromatic rings. The van der Waals surface area contributed by atoms with Crippen molar-refractivity contribution >= 4 is 5.78 Å². The molecule has 90 valence electrons. The predicted molar refractivity (Wildman–Crippen MR) is 57.5 cm³/mol. The molecule has 0 saturated heterocycles. The number of hydrogen-bond donors (Lipinski definition) is 0. The Morgan fingerprint density at radius 2 is 1.33 bits per heavy atom. The van der Waals surface area contributed by atoms with Crippen LogP contribution in [0.2, 0.25) is 0 Å². The van der Waals surface area contributed by atoms with Crippen molar-refractivity contribution in [2.75, 3.05) is 19.8 Å². The van der Waals surface area contributed by atoms with E-state index in [0.29, 0.717) is 26.2 Å². The summed E-state index contributed by atoms with van der Waals surface area (Å²) in [6.07, 6.45) is 1.16. The van der Waals surface area contributed by atoms with E-state index in [1.807, 2.05) is 27.7 Å². The van der Waals surface area contributed by atoms with Crippen molar-refractivity contribution < 1.29 is 19.0 Å². The molecule has 0 fully saturated rings. The SMILES string of the molecule is CCCC(=O)C(OCC)(OCC)OCC. The number of rotatable bonds is 9. The molecule has 0 aliphatic carbocycles. The molecule has 0 aliphatic rings. The van der Waals surface area contributed by atoms with Gasteiger partial charge in [0.2, 0.25) is 5.78 Å². The van der Waals surface area contributed by atoms with Crippen LogP contribution in [0.1, 0.15) is 40.5 Å². The molecule has 0 aromatic carbocycles. The number of hydrogen-bond acceptors (Lipinski definition) is 4. The van der Waals surface area contributed by atoms with Gasteiger partial charge in [-0.3, -0.25) is 4.79 Å². The van der Waals surface area contributed by atoms with Crippen LogP contribution >= 0.6 is 0 Å². The largest absolute Gasteiger partial charge is 0.346 e. The highest BCUT2D eigenvalue weighted by Gasteiger charge is 2.40. The minimum atomic E-state index is -1.48. The summed E-state index contributed by atoms with van der Waals surface area (Å²) in [5.74, 6) is -1.62. The van der Waals surface area contributed by atoms with E-state index >= 15 is 0 Å². The predicted octanol–water partition coefficient (Wildman–Crippen LogP) is 2.12. The molecule has 0 heterocycles. The maximum absolute atomic E-state index is 11.9. The molecule has 4 heteroatoms. The van der Waals surface area contributed by atoms with Crippen LogP contribution in [0.4, 0.5) is 0 Å². The number of carbonyl (C=O) groups excluding carboxylic acids is 1. The summed E-state index contributed by atoms with van der Waals surface area (Å²) < 4.78 is 16.0. The van der Waals surface area contributed by atoms with Crippen LogP contribution in [0, 0.1) is 0 Å². The molecular formula is C11H22O4. The maximum atomic E-state index is 11.9. The highest BCUT2D eigenvalue weighted by atomic mass is 16.9. The van der Waals surface area contributed by atoms with Gasteiger partial charge in [0.05, 0.1) is 19.8 Å². The molecule has 0 radical (unpaired) electrons. The fourth-order valence-electron chi connectivity index (χ4n) is 1.32. The van der Waals surface area contributed by atoms with Crippen molar-refractivity contribution in [3.8, 4) is 0 Å². The lowest BCUT2D eigenvalue weighted by atomic mass is 10.2. The van der Waals surface area contributed by atoms with E-state index in [-0.39, 0.29) is 5.78 Å². The summed E-state index contributed by atoms with van der Waals surface area (Å²) in [5.41, 5.74) is 0. The maximum Gasteiger partial charge on any atom is 0.346 e. The molecule has 0 unspecified atom stereocenters. The molecule has 0 rings (SSSR count). The van der Waals surface area contributed by atoms with Gasteiger partial charge in [-0.2, -0.15) is 0 Å². The lowest BCUT2D eigenvalue weighted by Gasteiger charge is -2.30. The Morgan fingerprint density at radius 3 is 1.60 bits per heavy atom. The topological polar surface area (TPSA) is 44.8 Å². The standard InChI is InChI=1S/C11H22O4/c1-5-9-10(12)11(13-6-2,14-7-3)15-8-4/h5-9H2,1-4H3. The average molecular weight is 218 g/mol. The van der Waals surface area contributed by atoms with Crippen LogP contribution in [-0.2, 0) is 19.0 Å². The molecule has 0 bridgehead atoms. The lowest BCUT2D eigenvalue weighted by Crippen LogP contribution is -2.47. The van der Waals surface area contributed by atoms with Crippen molar-refractivity contribution in [1.29, 1.82) is 0 Å². The third-order valence-corrected chi connectivity index (χ3v) is 1.82.